The lowest BCUT2D eigenvalue weighted by molar-refractivity contribution is 0.294. The highest BCUT2D eigenvalue weighted by Gasteiger charge is 2.04. The van der Waals surface area contributed by atoms with Gasteiger partial charge in [0.15, 0.2) is 16.6 Å². The van der Waals surface area contributed by atoms with Crippen LogP contribution in [0.1, 0.15) is 24.5 Å². The quantitative estimate of drug-likeness (QED) is 0.430. The number of benzene rings is 2. The average Bonchev–Trinajstić information content (AvgIpc) is 2.65. The molecule has 0 saturated heterocycles. The summed E-state index contributed by atoms with van der Waals surface area (Å²) in [4.78, 5) is 0. The Bertz CT molecular complexity index is 705. The van der Waals surface area contributed by atoms with E-state index in [0.29, 0.717) is 29.8 Å². The molecule has 0 spiro atoms. The van der Waals surface area contributed by atoms with Crippen LogP contribution in [0.2, 0.25) is 0 Å². The summed E-state index contributed by atoms with van der Waals surface area (Å²) in [5.74, 6) is 1.41. The van der Waals surface area contributed by atoms with Crippen molar-refractivity contribution in [2.45, 2.75) is 19.9 Å². The molecule has 0 aliphatic rings. The summed E-state index contributed by atoms with van der Waals surface area (Å²) in [5, 5.41) is 7.73. The van der Waals surface area contributed by atoms with Crippen molar-refractivity contribution in [2.24, 2.45) is 5.10 Å². The molecule has 0 aliphatic heterocycles. The number of ether oxygens (including phenoxy) is 2. The molecular formula is C19H23N3O2S. The molecule has 0 saturated carbocycles. The van der Waals surface area contributed by atoms with Gasteiger partial charge < -0.3 is 14.8 Å². The summed E-state index contributed by atoms with van der Waals surface area (Å²) < 4.78 is 11.0. The van der Waals surface area contributed by atoms with Crippen molar-refractivity contribution in [1.82, 2.24) is 10.7 Å². The van der Waals surface area contributed by atoms with E-state index in [1.165, 1.54) is 0 Å². The van der Waals surface area contributed by atoms with Crippen molar-refractivity contribution < 1.29 is 9.47 Å². The van der Waals surface area contributed by atoms with Gasteiger partial charge >= 0.3 is 0 Å². The molecule has 0 unspecified atom stereocenters. The van der Waals surface area contributed by atoms with Crippen LogP contribution in [0.5, 0.6) is 11.5 Å². The van der Waals surface area contributed by atoms with E-state index in [9.17, 15) is 0 Å². The highest BCUT2D eigenvalue weighted by molar-refractivity contribution is 7.80. The zero-order valence-corrected chi connectivity index (χ0v) is 15.3. The van der Waals surface area contributed by atoms with Crippen LogP contribution in [-0.4, -0.2) is 25.0 Å². The summed E-state index contributed by atoms with van der Waals surface area (Å²) in [7, 11) is 1.63. The molecule has 5 nitrogen and oxygen atoms in total. The second-order valence-electron chi connectivity index (χ2n) is 5.30. The van der Waals surface area contributed by atoms with Crippen LogP contribution < -0.4 is 20.2 Å². The van der Waals surface area contributed by atoms with E-state index in [-0.39, 0.29) is 0 Å². The number of rotatable bonds is 8. The van der Waals surface area contributed by atoms with Gasteiger partial charge in [-0.05, 0) is 48.0 Å². The van der Waals surface area contributed by atoms with Gasteiger partial charge in [-0.15, -0.1) is 0 Å². The SMILES string of the molecule is CCCOc1cc(/C=N\NC(=S)NCc2ccccc2)ccc1OC. The first-order valence-corrected chi connectivity index (χ1v) is 8.55. The summed E-state index contributed by atoms with van der Waals surface area (Å²) in [6.45, 7) is 3.35. The smallest absolute Gasteiger partial charge is 0.187 e. The van der Waals surface area contributed by atoms with Gasteiger partial charge in [-0.3, -0.25) is 5.43 Å². The third-order valence-corrected chi connectivity index (χ3v) is 3.56. The van der Waals surface area contributed by atoms with E-state index in [1.807, 2.05) is 48.5 Å². The monoisotopic (exact) mass is 357 g/mol. The highest BCUT2D eigenvalue weighted by atomic mass is 32.1. The van der Waals surface area contributed by atoms with Crippen LogP contribution in [0.15, 0.2) is 53.6 Å². The normalized spacial score (nSPS) is 10.5. The molecule has 0 atom stereocenters. The number of methoxy groups -OCH3 is 1. The summed E-state index contributed by atoms with van der Waals surface area (Å²) in [5.41, 5.74) is 4.86. The zero-order valence-electron chi connectivity index (χ0n) is 14.5. The minimum absolute atomic E-state index is 0.469. The number of hydrogen-bond donors (Lipinski definition) is 2. The zero-order chi connectivity index (χ0) is 17.9. The Kier molecular flexibility index (Phi) is 7.72. The Morgan fingerprint density at radius 3 is 2.68 bits per heavy atom. The molecule has 0 radical (unpaired) electrons. The predicted molar refractivity (Wildman–Crippen MR) is 105 cm³/mol. The lowest BCUT2D eigenvalue weighted by Gasteiger charge is -2.10. The highest BCUT2D eigenvalue weighted by Crippen LogP contribution is 2.27. The molecule has 2 rings (SSSR count). The Hall–Kier alpha value is -2.60. The van der Waals surface area contributed by atoms with Gasteiger partial charge in [-0.2, -0.15) is 5.10 Å². The minimum atomic E-state index is 0.469. The molecule has 0 fully saturated rings. The van der Waals surface area contributed by atoms with Crippen LogP contribution >= 0.6 is 12.2 Å². The number of nitrogens with one attached hydrogen (secondary N) is 2. The summed E-state index contributed by atoms with van der Waals surface area (Å²) in [6.07, 6.45) is 2.62. The third-order valence-electron chi connectivity index (χ3n) is 3.32. The number of nitrogens with zero attached hydrogens (tertiary/aromatic N) is 1. The molecule has 0 amide bonds. The maximum Gasteiger partial charge on any atom is 0.187 e. The lowest BCUT2D eigenvalue weighted by Crippen LogP contribution is -2.31. The second-order valence-corrected chi connectivity index (χ2v) is 5.71. The van der Waals surface area contributed by atoms with Crippen LogP contribution in [-0.2, 0) is 6.54 Å². The van der Waals surface area contributed by atoms with Crippen LogP contribution in [0.3, 0.4) is 0 Å². The van der Waals surface area contributed by atoms with E-state index in [2.05, 4.69) is 22.8 Å². The molecule has 0 aromatic heterocycles. The van der Waals surface area contributed by atoms with Gasteiger partial charge in [-0.1, -0.05) is 37.3 Å². The molecule has 2 aromatic rings. The van der Waals surface area contributed by atoms with E-state index >= 15 is 0 Å². The first kappa shape index (κ1) is 18.7. The topological polar surface area (TPSA) is 54.9 Å². The van der Waals surface area contributed by atoms with Crippen molar-refractivity contribution >= 4 is 23.5 Å². The molecule has 2 aromatic carbocycles. The van der Waals surface area contributed by atoms with Crippen LogP contribution in [0.4, 0.5) is 0 Å². The molecule has 25 heavy (non-hydrogen) atoms. The van der Waals surface area contributed by atoms with Gasteiger partial charge in [0.2, 0.25) is 0 Å². The first-order chi connectivity index (χ1) is 12.2. The third kappa shape index (κ3) is 6.43. The van der Waals surface area contributed by atoms with Gasteiger partial charge in [0, 0.05) is 6.54 Å². The Morgan fingerprint density at radius 2 is 1.96 bits per heavy atom. The molecular weight excluding hydrogens is 334 g/mol. The van der Waals surface area contributed by atoms with Gasteiger partial charge in [0.25, 0.3) is 0 Å². The first-order valence-electron chi connectivity index (χ1n) is 8.14. The Morgan fingerprint density at radius 1 is 1.16 bits per heavy atom. The van der Waals surface area contributed by atoms with Crippen LogP contribution in [0, 0.1) is 0 Å². The summed E-state index contributed by atoms with van der Waals surface area (Å²) >= 11 is 5.21. The van der Waals surface area contributed by atoms with Crippen molar-refractivity contribution in [3.05, 3.63) is 59.7 Å². The van der Waals surface area contributed by atoms with Crippen molar-refractivity contribution in [3.8, 4) is 11.5 Å². The molecule has 0 heterocycles. The fourth-order valence-corrected chi connectivity index (χ4v) is 2.21. The van der Waals surface area contributed by atoms with Crippen molar-refractivity contribution in [2.75, 3.05) is 13.7 Å². The molecule has 0 aliphatic carbocycles. The standard InChI is InChI=1S/C19H23N3O2S/c1-3-11-24-18-12-16(9-10-17(18)23-2)14-21-22-19(25)20-13-15-7-5-4-6-8-15/h4-10,12,14H,3,11,13H2,1-2H3,(H2,20,22,25)/b21-14-. The fourth-order valence-electron chi connectivity index (χ4n) is 2.08. The predicted octanol–water partition coefficient (Wildman–Crippen LogP) is 3.48. The minimum Gasteiger partial charge on any atom is -0.493 e. The van der Waals surface area contributed by atoms with E-state index in [4.69, 9.17) is 21.7 Å². The van der Waals surface area contributed by atoms with E-state index in [0.717, 1.165) is 17.5 Å². The molecule has 2 N–H and O–H groups in total. The number of hydrogen-bond acceptors (Lipinski definition) is 4. The summed E-state index contributed by atoms with van der Waals surface area (Å²) in [6, 6.07) is 15.7. The molecule has 6 heteroatoms. The van der Waals surface area contributed by atoms with E-state index < -0.39 is 0 Å². The number of hydrazone groups is 1. The van der Waals surface area contributed by atoms with Gasteiger partial charge in [0.1, 0.15) is 0 Å². The largest absolute Gasteiger partial charge is 0.493 e. The van der Waals surface area contributed by atoms with Crippen LogP contribution in [0.25, 0.3) is 0 Å². The Labute approximate surface area is 154 Å². The van der Waals surface area contributed by atoms with Gasteiger partial charge in [0.05, 0.1) is 19.9 Å². The van der Waals surface area contributed by atoms with E-state index in [1.54, 1.807) is 13.3 Å². The maximum absolute atomic E-state index is 5.69. The fraction of sp³-hybridized carbons (Fsp3) is 0.263. The van der Waals surface area contributed by atoms with Gasteiger partial charge in [-0.25, -0.2) is 0 Å². The Balaban J connectivity index is 1.87. The van der Waals surface area contributed by atoms with Crippen molar-refractivity contribution in [1.29, 1.82) is 0 Å². The number of thiocarbonyl (C=S) groups is 1. The molecule has 132 valence electrons. The van der Waals surface area contributed by atoms with Crippen molar-refractivity contribution in [3.63, 3.8) is 0 Å². The maximum atomic E-state index is 5.69. The second kappa shape index (κ2) is 10.3. The average molecular weight is 357 g/mol. The lowest BCUT2D eigenvalue weighted by atomic mass is 10.2. The molecule has 0 bridgehead atoms.